The van der Waals surface area contributed by atoms with Crippen LogP contribution in [0.3, 0.4) is 0 Å². The zero-order valence-electron chi connectivity index (χ0n) is 12.2. The Labute approximate surface area is 138 Å². The molecule has 7 nitrogen and oxygen atoms in total. The Morgan fingerprint density at radius 2 is 2.09 bits per heavy atom. The second kappa shape index (κ2) is 8.47. The third-order valence-corrected chi connectivity index (χ3v) is 6.04. The van der Waals surface area contributed by atoms with Gasteiger partial charge in [0, 0.05) is 13.6 Å². The van der Waals surface area contributed by atoms with Crippen LogP contribution >= 0.6 is 22.9 Å². The molecule has 0 aliphatic rings. The fraction of sp³-hybridized carbons (Fsp3) is 0.500. The third-order valence-electron chi connectivity index (χ3n) is 2.54. The maximum absolute atomic E-state index is 12.2. The zero-order valence-corrected chi connectivity index (χ0v) is 14.6. The van der Waals surface area contributed by atoms with Gasteiger partial charge in [-0.1, -0.05) is 11.6 Å². The highest BCUT2D eigenvalue weighted by atomic mass is 35.5. The number of carbonyl (C=O) groups is 2. The van der Waals surface area contributed by atoms with Gasteiger partial charge < -0.3 is 10.1 Å². The molecule has 0 radical (unpaired) electrons. The van der Waals surface area contributed by atoms with Gasteiger partial charge in [0.2, 0.25) is 5.91 Å². The van der Waals surface area contributed by atoms with Crippen molar-refractivity contribution in [3.05, 3.63) is 16.5 Å². The molecule has 1 amide bonds. The number of ether oxygens (including phenoxy) is 1. The molecule has 0 spiro atoms. The lowest BCUT2D eigenvalue weighted by Gasteiger charge is -2.15. The molecule has 0 bridgehead atoms. The summed E-state index contributed by atoms with van der Waals surface area (Å²) in [5.74, 6) is -0.921. The number of hydrogen-bond acceptors (Lipinski definition) is 6. The smallest absolute Gasteiger partial charge is 0.307 e. The number of hydrogen-bond donors (Lipinski definition) is 1. The first-order chi connectivity index (χ1) is 10.3. The maximum atomic E-state index is 12.2. The molecule has 124 valence electrons. The molecule has 0 aliphatic carbocycles. The van der Waals surface area contributed by atoms with E-state index in [4.69, 9.17) is 16.3 Å². The molecule has 0 unspecified atom stereocenters. The van der Waals surface area contributed by atoms with Crippen LogP contribution in [0, 0.1) is 0 Å². The molecule has 22 heavy (non-hydrogen) atoms. The Morgan fingerprint density at radius 1 is 1.41 bits per heavy atom. The van der Waals surface area contributed by atoms with Gasteiger partial charge in [-0.3, -0.25) is 9.59 Å². The van der Waals surface area contributed by atoms with Crippen LogP contribution in [0.25, 0.3) is 0 Å². The van der Waals surface area contributed by atoms with E-state index in [1.54, 1.807) is 6.92 Å². The highest BCUT2D eigenvalue weighted by Gasteiger charge is 2.24. The summed E-state index contributed by atoms with van der Waals surface area (Å²) in [5.41, 5.74) is 0. The minimum absolute atomic E-state index is 0.0383. The summed E-state index contributed by atoms with van der Waals surface area (Å²) in [6.45, 7) is 1.71. The van der Waals surface area contributed by atoms with Crippen molar-refractivity contribution in [2.75, 3.05) is 26.7 Å². The molecule has 0 fully saturated rings. The van der Waals surface area contributed by atoms with Crippen molar-refractivity contribution in [3.63, 3.8) is 0 Å². The van der Waals surface area contributed by atoms with Crippen molar-refractivity contribution >= 4 is 44.8 Å². The van der Waals surface area contributed by atoms with Crippen LogP contribution in [0.2, 0.25) is 4.34 Å². The number of sulfonamides is 1. The van der Waals surface area contributed by atoms with Crippen molar-refractivity contribution in [2.24, 2.45) is 0 Å². The van der Waals surface area contributed by atoms with E-state index >= 15 is 0 Å². The van der Waals surface area contributed by atoms with Crippen molar-refractivity contribution in [2.45, 2.75) is 17.6 Å². The van der Waals surface area contributed by atoms with Gasteiger partial charge in [-0.2, -0.15) is 4.31 Å². The van der Waals surface area contributed by atoms with Gasteiger partial charge in [-0.25, -0.2) is 8.42 Å². The number of carbonyl (C=O) groups excluding carboxylic acids is 2. The van der Waals surface area contributed by atoms with Gasteiger partial charge in [-0.15, -0.1) is 11.3 Å². The SMILES string of the molecule is CCOC(=O)CCNC(=O)CN(C)S(=O)(=O)c1ccc(Cl)s1. The van der Waals surface area contributed by atoms with Crippen molar-refractivity contribution in [3.8, 4) is 0 Å². The van der Waals surface area contributed by atoms with Crippen LogP contribution in [0.15, 0.2) is 16.3 Å². The van der Waals surface area contributed by atoms with Crippen LogP contribution < -0.4 is 5.32 Å². The molecule has 0 atom stereocenters. The third kappa shape index (κ3) is 5.56. The summed E-state index contributed by atoms with van der Waals surface area (Å²) < 4.78 is 30.4. The number of amides is 1. The van der Waals surface area contributed by atoms with Crippen molar-refractivity contribution in [1.29, 1.82) is 0 Å². The molecule has 10 heteroatoms. The van der Waals surface area contributed by atoms with Crippen LogP contribution in [-0.4, -0.2) is 51.3 Å². The number of nitrogens with zero attached hydrogens (tertiary/aromatic N) is 1. The Kier molecular flexibility index (Phi) is 7.27. The quantitative estimate of drug-likeness (QED) is 0.693. The second-order valence-electron chi connectivity index (χ2n) is 4.22. The Morgan fingerprint density at radius 3 is 2.64 bits per heavy atom. The van der Waals surface area contributed by atoms with Crippen LogP contribution in [0.5, 0.6) is 0 Å². The van der Waals surface area contributed by atoms with Gasteiger partial charge in [0.15, 0.2) is 0 Å². The first-order valence-electron chi connectivity index (χ1n) is 6.41. The molecule has 1 aromatic rings. The van der Waals surface area contributed by atoms with E-state index in [2.05, 4.69) is 5.32 Å². The second-order valence-corrected chi connectivity index (χ2v) is 8.21. The summed E-state index contributed by atoms with van der Waals surface area (Å²) >= 11 is 6.63. The normalized spacial score (nSPS) is 11.5. The number of halogens is 1. The predicted molar refractivity (Wildman–Crippen MR) is 83.4 cm³/mol. The fourth-order valence-electron chi connectivity index (χ4n) is 1.47. The molecular weight excluding hydrogens is 352 g/mol. The summed E-state index contributed by atoms with van der Waals surface area (Å²) in [7, 11) is -2.45. The molecule has 1 aromatic heterocycles. The summed E-state index contributed by atoms with van der Waals surface area (Å²) in [5, 5.41) is 2.46. The maximum Gasteiger partial charge on any atom is 0.307 e. The monoisotopic (exact) mass is 368 g/mol. The van der Waals surface area contributed by atoms with E-state index in [1.807, 2.05) is 0 Å². The lowest BCUT2D eigenvalue weighted by atomic mass is 10.4. The summed E-state index contributed by atoms with van der Waals surface area (Å²) in [6, 6.07) is 2.86. The minimum atomic E-state index is -3.75. The fourth-order valence-corrected chi connectivity index (χ4v) is 4.29. The van der Waals surface area contributed by atoms with E-state index in [0.29, 0.717) is 4.34 Å². The van der Waals surface area contributed by atoms with Crippen LogP contribution in [-0.2, 0) is 24.3 Å². The average Bonchev–Trinajstić information content (AvgIpc) is 2.86. The molecule has 1 rings (SSSR count). The van der Waals surface area contributed by atoms with Gasteiger partial charge in [-0.05, 0) is 19.1 Å². The molecule has 1 heterocycles. The summed E-state index contributed by atoms with van der Waals surface area (Å²) in [4.78, 5) is 22.8. The Balaban J connectivity index is 2.48. The standard InChI is InChI=1S/C12H17ClN2O5S2/c1-3-20-11(17)6-7-14-10(16)8-15(2)22(18,19)12-5-4-9(13)21-12/h4-5H,3,6-8H2,1-2H3,(H,14,16). The molecule has 0 saturated heterocycles. The van der Waals surface area contributed by atoms with E-state index in [1.165, 1.54) is 19.2 Å². The molecule has 0 aliphatic heterocycles. The number of nitrogens with one attached hydrogen (secondary N) is 1. The predicted octanol–water partition coefficient (Wildman–Crippen LogP) is 1.09. The van der Waals surface area contributed by atoms with Crippen LogP contribution in [0.4, 0.5) is 0 Å². The molecule has 1 N–H and O–H groups in total. The number of likely N-dealkylation sites (N-methyl/N-ethyl adjacent to an activating group) is 1. The number of rotatable bonds is 8. The Bertz CT molecular complexity index is 629. The largest absolute Gasteiger partial charge is 0.466 e. The molecular formula is C12H17ClN2O5S2. The van der Waals surface area contributed by atoms with Gasteiger partial charge >= 0.3 is 5.97 Å². The number of thiophene rings is 1. The number of esters is 1. The first kappa shape index (κ1) is 18.9. The summed E-state index contributed by atoms with van der Waals surface area (Å²) in [6.07, 6.45) is 0.0383. The highest BCUT2D eigenvalue weighted by Crippen LogP contribution is 2.27. The van der Waals surface area contributed by atoms with Gasteiger partial charge in [0.1, 0.15) is 4.21 Å². The molecule has 0 aromatic carbocycles. The van der Waals surface area contributed by atoms with E-state index in [0.717, 1.165) is 15.6 Å². The first-order valence-corrected chi connectivity index (χ1v) is 9.04. The van der Waals surface area contributed by atoms with Crippen molar-refractivity contribution in [1.82, 2.24) is 9.62 Å². The lowest BCUT2D eigenvalue weighted by molar-refractivity contribution is -0.143. The van der Waals surface area contributed by atoms with Gasteiger partial charge in [0.05, 0.1) is 23.9 Å². The minimum Gasteiger partial charge on any atom is -0.466 e. The highest BCUT2D eigenvalue weighted by molar-refractivity contribution is 7.91. The molecule has 0 saturated carbocycles. The zero-order chi connectivity index (χ0) is 16.8. The Hall–Kier alpha value is -1.16. The van der Waals surface area contributed by atoms with E-state index in [9.17, 15) is 18.0 Å². The van der Waals surface area contributed by atoms with E-state index < -0.39 is 21.9 Å². The lowest BCUT2D eigenvalue weighted by Crippen LogP contribution is -2.38. The van der Waals surface area contributed by atoms with Crippen molar-refractivity contribution < 1.29 is 22.7 Å². The topological polar surface area (TPSA) is 92.8 Å². The van der Waals surface area contributed by atoms with Crippen LogP contribution in [0.1, 0.15) is 13.3 Å². The van der Waals surface area contributed by atoms with Gasteiger partial charge in [0.25, 0.3) is 10.0 Å². The van der Waals surface area contributed by atoms with E-state index in [-0.39, 0.29) is 30.3 Å². The average molecular weight is 369 g/mol.